The Hall–Kier alpha value is -2.57. The molecule has 0 aliphatic carbocycles. The second-order valence-corrected chi connectivity index (χ2v) is 6.48. The van der Waals surface area contributed by atoms with Crippen LogP contribution < -0.4 is 10.1 Å². The molecule has 1 aromatic carbocycles. The van der Waals surface area contributed by atoms with Crippen LogP contribution in [0.15, 0.2) is 30.6 Å². The first-order valence-corrected chi connectivity index (χ1v) is 8.69. The molecule has 1 saturated heterocycles. The summed E-state index contributed by atoms with van der Waals surface area (Å²) in [5.41, 5.74) is 1.16. The van der Waals surface area contributed by atoms with Crippen molar-refractivity contribution >= 4 is 6.03 Å². The predicted octanol–water partition coefficient (Wildman–Crippen LogP) is 2.09. The topological polar surface area (TPSA) is 72.3 Å². The number of likely N-dealkylation sites (tertiary alicyclic amines) is 1. The molecule has 3 rings (SSSR count). The van der Waals surface area contributed by atoms with Crippen LogP contribution in [0.5, 0.6) is 5.75 Å². The first-order chi connectivity index (χ1) is 12.1. The number of hydrogen-bond donors (Lipinski definition) is 1. The number of amides is 2. The quantitative estimate of drug-likeness (QED) is 0.844. The van der Waals surface area contributed by atoms with Crippen LogP contribution in [0, 0.1) is 6.92 Å². The highest BCUT2D eigenvalue weighted by atomic mass is 16.5. The summed E-state index contributed by atoms with van der Waals surface area (Å²) in [7, 11) is 1.94. The molecule has 7 heteroatoms. The SMILES string of the molecule is Cc1cccc(OCCNC(=O)N2CCC[C@H](c3nncn3C)C2)c1. The van der Waals surface area contributed by atoms with Gasteiger partial charge in [-0.05, 0) is 37.5 Å². The predicted molar refractivity (Wildman–Crippen MR) is 94.6 cm³/mol. The molecule has 2 heterocycles. The summed E-state index contributed by atoms with van der Waals surface area (Å²) in [4.78, 5) is 14.2. The van der Waals surface area contributed by atoms with Crippen molar-refractivity contribution < 1.29 is 9.53 Å². The van der Waals surface area contributed by atoms with Crippen LogP contribution in [0.2, 0.25) is 0 Å². The van der Waals surface area contributed by atoms with E-state index in [1.165, 1.54) is 0 Å². The van der Waals surface area contributed by atoms with Crippen molar-refractivity contribution in [3.8, 4) is 5.75 Å². The van der Waals surface area contributed by atoms with Crippen molar-refractivity contribution in [1.29, 1.82) is 0 Å². The Bertz CT molecular complexity index is 715. The third kappa shape index (κ3) is 4.49. The average Bonchev–Trinajstić information content (AvgIpc) is 3.05. The van der Waals surface area contributed by atoms with Gasteiger partial charge in [0.25, 0.3) is 0 Å². The molecule has 0 bridgehead atoms. The molecule has 1 fully saturated rings. The summed E-state index contributed by atoms with van der Waals surface area (Å²) < 4.78 is 7.60. The van der Waals surface area contributed by atoms with E-state index in [0.29, 0.717) is 19.7 Å². The maximum Gasteiger partial charge on any atom is 0.317 e. The van der Waals surface area contributed by atoms with Crippen molar-refractivity contribution in [3.63, 3.8) is 0 Å². The van der Waals surface area contributed by atoms with Crippen LogP contribution in [-0.2, 0) is 7.05 Å². The fourth-order valence-corrected chi connectivity index (χ4v) is 3.18. The lowest BCUT2D eigenvalue weighted by atomic mass is 9.97. The molecule has 1 atom stereocenters. The lowest BCUT2D eigenvalue weighted by Crippen LogP contribution is -2.46. The number of hydrogen-bond acceptors (Lipinski definition) is 4. The van der Waals surface area contributed by atoms with Gasteiger partial charge in [-0.2, -0.15) is 0 Å². The van der Waals surface area contributed by atoms with Gasteiger partial charge in [0, 0.05) is 26.1 Å². The number of urea groups is 1. The van der Waals surface area contributed by atoms with Gasteiger partial charge in [-0.25, -0.2) is 4.79 Å². The number of nitrogens with one attached hydrogen (secondary N) is 1. The van der Waals surface area contributed by atoms with E-state index in [9.17, 15) is 4.79 Å². The zero-order valence-corrected chi connectivity index (χ0v) is 14.8. The second-order valence-electron chi connectivity index (χ2n) is 6.48. The highest BCUT2D eigenvalue weighted by Crippen LogP contribution is 2.24. The van der Waals surface area contributed by atoms with Gasteiger partial charge in [0.15, 0.2) is 0 Å². The van der Waals surface area contributed by atoms with Crippen LogP contribution in [0.25, 0.3) is 0 Å². The zero-order chi connectivity index (χ0) is 17.6. The number of ether oxygens (including phenoxy) is 1. The van der Waals surface area contributed by atoms with Crippen LogP contribution in [-0.4, -0.2) is 51.9 Å². The molecule has 0 radical (unpaired) electrons. The molecule has 0 unspecified atom stereocenters. The summed E-state index contributed by atoms with van der Waals surface area (Å²) in [6, 6.07) is 7.85. The Kier molecular flexibility index (Phi) is 5.53. The monoisotopic (exact) mass is 343 g/mol. The van der Waals surface area contributed by atoms with E-state index in [-0.39, 0.29) is 11.9 Å². The number of aromatic nitrogens is 3. The molecule has 25 heavy (non-hydrogen) atoms. The van der Waals surface area contributed by atoms with Crippen LogP contribution in [0.4, 0.5) is 4.79 Å². The van der Waals surface area contributed by atoms with Crippen LogP contribution in [0.1, 0.15) is 30.1 Å². The Morgan fingerprint density at radius 2 is 2.32 bits per heavy atom. The molecule has 1 aliphatic rings. The van der Waals surface area contributed by atoms with Crippen molar-refractivity contribution in [1.82, 2.24) is 25.0 Å². The minimum Gasteiger partial charge on any atom is -0.492 e. The minimum atomic E-state index is -0.0419. The fraction of sp³-hybridized carbons (Fsp3) is 0.500. The van der Waals surface area contributed by atoms with Gasteiger partial charge in [0.05, 0.1) is 6.54 Å². The average molecular weight is 343 g/mol. The molecule has 2 aromatic rings. The summed E-state index contributed by atoms with van der Waals surface area (Å²) in [6.07, 6.45) is 3.72. The van der Waals surface area contributed by atoms with E-state index in [1.807, 2.05) is 47.7 Å². The van der Waals surface area contributed by atoms with E-state index in [4.69, 9.17) is 4.74 Å². The zero-order valence-electron chi connectivity index (χ0n) is 14.8. The fourth-order valence-electron chi connectivity index (χ4n) is 3.18. The van der Waals surface area contributed by atoms with E-state index < -0.39 is 0 Å². The number of benzene rings is 1. The molecular weight excluding hydrogens is 318 g/mol. The van der Waals surface area contributed by atoms with E-state index >= 15 is 0 Å². The minimum absolute atomic E-state index is 0.0419. The lowest BCUT2D eigenvalue weighted by molar-refractivity contribution is 0.175. The summed E-state index contributed by atoms with van der Waals surface area (Å²) >= 11 is 0. The van der Waals surface area contributed by atoms with Gasteiger partial charge in [-0.1, -0.05) is 12.1 Å². The lowest BCUT2D eigenvalue weighted by Gasteiger charge is -2.32. The van der Waals surface area contributed by atoms with Crippen LogP contribution in [0.3, 0.4) is 0 Å². The van der Waals surface area contributed by atoms with E-state index in [1.54, 1.807) is 6.33 Å². The first kappa shape index (κ1) is 17.3. The normalized spacial score (nSPS) is 17.4. The van der Waals surface area contributed by atoms with Crippen LogP contribution >= 0.6 is 0 Å². The molecule has 0 spiro atoms. The molecule has 1 aromatic heterocycles. The molecule has 134 valence electrons. The van der Waals surface area contributed by atoms with Gasteiger partial charge >= 0.3 is 6.03 Å². The van der Waals surface area contributed by atoms with E-state index in [0.717, 1.165) is 36.5 Å². The first-order valence-electron chi connectivity index (χ1n) is 8.69. The highest BCUT2D eigenvalue weighted by molar-refractivity contribution is 5.74. The second kappa shape index (κ2) is 8.00. The van der Waals surface area contributed by atoms with Gasteiger partial charge in [0.1, 0.15) is 24.5 Å². The van der Waals surface area contributed by atoms with Gasteiger partial charge in [0.2, 0.25) is 0 Å². The van der Waals surface area contributed by atoms with Crippen molar-refractivity contribution in [2.45, 2.75) is 25.7 Å². The van der Waals surface area contributed by atoms with Gasteiger partial charge < -0.3 is 19.5 Å². The van der Waals surface area contributed by atoms with E-state index in [2.05, 4.69) is 15.5 Å². The van der Waals surface area contributed by atoms with Gasteiger partial charge in [-0.15, -0.1) is 10.2 Å². The van der Waals surface area contributed by atoms with Crippen molar-refractivity contribution in [2.75, 3.05) is 26.2 Å². The summed E-state index contributed by atoms with van der Waals surface area (Å²) in [5.74, 6) is 2.02. The Balaban J connectivity index is 1.44. The number of carbonyl (C=O) groups excluding carboxylic acids is 1. The summed E-state index contributed by atoms with van der Waals surface area (Å²) in [6.45, 7) is 4.42. The Labute approximate surface area is 148 Å². The van der Waals surface area contributed by atoms with Gasteiger partial charge in [-0.3, -0.25) is 0 Å². The largest absolute Gasteiger partial charge is 0.492 e. The molecular formula is C18H25N5O2. The molecule has 1 aliphatic heterocycles. The highest BCUT2D eigenvalue weighted by Gasteiger charge is 2.27. The third-order valence-electron chi connectivity index (χ3n) is 4.46. The Morgan fingerprint density at radius 3 is 3.08 bits per heavy atom. The maximum atomic E-state index is 12.4. The van der Waals surface area contributed by atoms with Crippen molar-refractivity contribution in [2.24, 2.45) is 7.05 Å². The maximum absolute atomic E-state index is 12.4. The number of rotatable bonds is 5. The number of nitrogens with zero attached hydrogens (tertiary/aromatic N) is 4. The smallest absolute Gasteiger partial charge is 0.317 e. The Morgan fingerprint density at radius 1 is 1.44 bits per heavy atom. The summed E-state index contributed by atoms with van der Waals surface area (Å²) in [5, 5.41) is 11.1. The third-order valence-corrected chi connectivity index (χ3v) is 4.46. The molecule has 0 saturated carbocycles. The molecule has 7 nitrogen and oxygen atoms in total. The number of piperidine rings is 1. The number of carbonyl (C=O) groups is 1. The number of aryl methyl sites for hydroxylation is 2. The standard InChI is InChI=1S/C18H25N5O2/c1-14-5-3-7-16(11-14)25-10-8-19-18(24)23-9-4-6-15(12-23)17-21-20-13-22(17)2/h3,5,7,11,13,15H,4,6,8-10,12H2,1-2H3,(H,19,24)/t15-/m0/s1. The molecule has 1 N–H and O–H groups in total. The molecule has 2 amide bonds. The van der Waals surface area contributed by atoms with Crippen molar-refractivity contribution in [3.05, 3.63) is 42.0 Å².